The zero-order chi connectivity index (χ0) is 17.1. The van der Waals surface area contributed by atoms with E-state index in [2.05, 4.69) is 16.3 Å². The van der Waals surface area contributed by atoms with Gasteiger partial charge in [-0.25, -0.2) is 0 Å². The second-order valence-corrected chi connectivity index (χ2v) is 6.70. The number of para-hydroxylation sites is 1. The van der Waals surface area contributed by atoms with Crippen LogP contribution >= 0.6 is 11.8 Å². The van der Waals surface area contributed by atoms with E-state index >= 15 is 0 Å². The molecule has 3 rings (SSSR count). The van der Waals surface area contributed by atoms with E-state index in [0.29, 0.717) is 22.3 Å². The number of carbonyl (C=O) groups excluding carboxylic acids is 1. The van der Waals surface area contributed by atoms with Crippen molar-refractivity contribution in [3.8, 4) is 0 Å². The number of benzene rings is 2. The molecule has 0 radical (unpaired) electrons. The minimum atomic E-state index is -2.44. The van der Waals surface area contributed by atoms with Gasteiger partial charge in [0.25, 0.3) is 5.76 Å². The van der Waals surface area contributed by atoms with Gasteiger partial charge in [-0.1, -0.05) is 30.0 Å². The Labute approximate surface area is 144 Å². The molecule has 24 heavy (non-hydrogen) atoms. The number of rotatable bonds is 5. The zero-order valence-electron chi connectivity index (χ0n) is 13.2. The van der Waals surface area contributed by atoms with Crippen LogP contribution in [0.25, 0.3) is 0 Å². The number of nitrogens with one attached hydrogen (secondary N) is 1. The van der Waals surface area contributed by atoms with Crippen molar-refractivity contribution in [1.82, 2.24) is 0 Å². The summed E-state index contributed by atoms with van der Waals surface area (Å²) in [5, 5.41) is 2.85. The summed E-state index contributed by atoms with van der Waals surface area (Å²) in [6.45, 7) is 2.69. The Kier molecular flexibility index (Phi) is 5.04. The molecular weight excluding hydrogens is 330 g/mol. The molecule has 1 aliphatic rings. The molecule has 1 aliphatic heterocycles. The van der Waals surface area contributed by atoms with E-state index in [9.17, 15) is 13.6 Å². The maximum Gasteiger partial charge on any atom is 0.288 e. The fourth-order valence-electron chi connectivity index (χ4n) is 2.87. The van der Waals surface area contributed by atoms with Crippen LogP contribution in [0.4, 0.5) is 20.2 Å². The Hall–Kier alpha value is -2.08. The highest BCUT2D eigenvalue weighted by atomic mass is 32.2. The summed E-state index contributed by atoms with van der Waals surface area (Å²) < 4.78 is 24.6. The minimum absolute atomic E-state index is 0.110. The van der Waals surface area contributed by atoms with E-state index in [-0.39, 0.29) is 11.9 Å². The van der Waals surface area contributed by atoms with Gasteiger partial charge < -0.3 is 10.2 Å². The number of amides is 1. The van der Waals surface area contributed by atoms with Crippen LogP contribution in [-0.2, 0) is 11.2 Å². The lowest BCUT2D eigenvalue weighted by Crippen LogP contribution is -2.41. The van der Waals surface area contributed by atoms with Crippen molar-refractivity contribution in [2.45, 2.75) is 30.0 Å². The molecule has 0 aromatic heterocycles. The maximum absolute atomic E-state index is 12.5. The minimum Gasteiger partial charge on any atom is -0.359 e. The lowest BCUT2D eigenvalue weighted by molar-refractivity contribution is -0.117. The van der Waals surface area contributed by atoms with Crippen LogP contribution < -0.4 is 10.2 Å². The second-order valence-electron chi connectivity index (χ2n) is 5.64. The third-order valence-corrected chi connectivity index (χ3v) is 4.84. The van der Waals surface area contributed by atoms with Gasteiger partial charge in [0.05, 0.1) is 0 Å². The van der Waals surface area contributed by atoms with Crippen molar-refractivity contribution in [1.29, 1.82) is 0 Å². The van der Waals surface area contributed by atoms with E-state index in [0.717, 1.165) is 18.7 Å². The van der Waals surface area contributed by atoms with E-state index in [4.69, 9.17) is 0 Å². The quantitative estimate of drug-likeness (QED) is 0.814. The van der Waals surface area contributed by atoms with Gasteiger partial charge in [-0.05, 0) is 49.2 Å². The number of fused-ring (bicyclic) bond motifs is 1. The first-order valence-electron chi connectivity index (χ1n) is 7.75. The predicted octanol–water partition coefficient (Wildman–Crippen LogP) is 4.39. The lowest BCUT2D eigenvalue weighted by atomic mass is 10.1. The van der Waals surface area contributed by atoms with E-state index < -0.39 is 5.76 Å². The Morgan fingerprint density at radius 1 is 1.17 bits per heavy atom. The zero-order valence-corrected chi connectivity index (χ0v) is 14.0. The van der Waals surface area contributed by atoms with Gasteiger partial charge in [0.2, 0.25) is 5.91 Å². The molecule has 0 spiro atoms. The number of alkyl halides is 2. The van der Waals surface area contributed by atoms with E-state index in [1.165, 1.54) is 5.56 Å². The fourth-order valence-corrected chi connectivity index (χ4v) is 3.37. The lowest BCUT2D eigenvalue weighted by Gasteiger charge is -2.26. The average Bonchev–Trinajstić information content (AvgIpc) is 2.99. The standard InChI is InChI=1S/C18H18F2N2OS/c1-12(22-11-10-13-4-2-3-5-16(13)22)17(23)21-14-6-8-15(9-7-14)24-18(19)20/h2-9,12,18H,10-11H2,1H3,(H,21,23)/t12-/m0/s1. The first kappa shape index (κ1) is 16.8. The van der Waals surface area contributed by atoms with Crippen LogP contribution in [0.5, 0.6) is 0 Å². The SMILES string of the molecule is C[C@@H](C(=O)Nc1ccc(SC(F)F)cc1)N1CCc2ccccc21. The molecule has 0 aliphatic carbocycles. The Balaban J connectivity index is 1.65. The number of anilines is 2. The van der Waals surface area contributed by atoms with E-state index in [1.54, 1.807) is 24.3 Å². The van der Waals surface area contributed by atoms with Gasteiger partial charge in [0.15, 0.2) is 0 Å². The van der Waals surface area contributed by atoms with Crippen molar-refractivity contribution in [3.05, 3.63) is 54.1 Å². The summed E-state index contributed by atoms with van der Waals surface area (Å²) >= 11 is 0.491. The molecule has 0 fully saturated rings. The number of halogens is 2. The number of hydrogen-bond donors (Lipinski definition) is 1. The smallest absolute Gasteiger partial charge is 0.288 e. The first-order valence-corrected chi connectivity index (χ1v) is 8.63. The number of hydrogen-bond acceptors (Lipinski definition) is 3. The summed E-state index contributed by atoms with van der Waals surface area (Å²) in [5.41, 5.74) is 2.97. The van der Waals surface area contributed by atoms with Crippen LogP contribution in [0.15, 0.2) is 53.4 Å². The van der Waals surface area contributed by atoms with Gasteiger partial charge in [-0.2, -0.15) is 8.78 Å². The molecule has 0 saturated heterocycles. The summed E-state index contributed by atoms with van der Waals surface area (Å²) in [4.78, 5) is 15.1. The van der Waals surface area contributed by atoms with Crippen molar-refractivity contribution >= 4 is 29.0 Å². The summed E-state index contributed by atoms with van der Waals surface area (Å²) in [6.07, 6.45) is 0.938. The third kappa shape index (κ3) is 3.70. The number of carbonyl (C=O) groups is 1. The Morgan fingerprint density at radius 2 is 1.88 bits per heavy atom. The molecule has 0 bridgehead atoms. The molecule has 0 saturated carbocycles. The fraction of sp³-hybridized carbons (Fsp3) is 0.278. The maximum atomic E-state index is 12.5. The Morgan fingerprint density at radius 3 is 2.58 bits per heavy atom. The van der Waals surface area contributed by atoms with Gasteiger partial charge in [0.1, 0.15) is 6.04 Å². The molecule has 1 amide bonds. The van der Waals surface area contributed by atoms with Crippen LogP contribution in [0.3, 0.4) is 0 Å². The Bertz CT molecular complexity index is 721. The molecule has 126 valence electrons. The summed E-state index contributed by atoms with van der Waals surface area (Å²) in [6, 6.07) is 14.3. The van der Waals surface area contributed by atoms with Gasteiger partial charge >= 0.3 is 0 Å². The molecule has 2 aromatic carbocycles. The normalized spacial score (nSPS) is 14.6. The molecule has 1 N–H and O–H groups in total. The summed E-state index contributed by atoms with van der Waals surface area (Å²) in [5.74, 6) is -2.55. The van der Waals surface area contributed by atoms with Crippen LogP contribution in [-0.4, -0.2) is 24.3 Å². The molecule has 3 nitrogen and oxygen atoms in total. The average molecular weight is 348 g/mol. The van der Waals surface area contributed by atoms with Crippen molar-refractivity contribution < 1.29 is 13.6 Å². The molecular formula is C18H18F2N2OS. The second kappa shape index (κ2) is 7.21. The topological polar surface area (TPSA) is 32.3 Å². The number of nitrogens with zero attached hydrogens (tertiary/aromatic N) is 1. The first-order chi connectivity index (χ1) is 11.5. The molecule has 2 aromatic rings. The monoisotopic (exact) mass is 348 g/mol. The van der Waals surface area contributed by atoms with Crippen molar-refractivity contribution in [3.63, 3.8) is 0 Å². The predicted molar refractivity (Wildman–Crippen MR) is 93.9 cm³/mol. The third-order valence-electron chi connectivity index (χ3n) is 4.12. The molecule has 1 atom stereocenters. The van der Waals surface area contributed by atoms with Gasteiger partial charge in [0, 0.05) is 22.8 Å². The van der Waals surface area contributed by atoms with Crippen LogP contribution in [0.2, 0.25) is 0 Å². The summed E-state index contributed by atoms with van der Waals surface area (Å²) in [7, 11) is 0. The highest BCUT2D eigenvalue weighted by molar-refractivity contribution is 7.99. The molecule has 0 unspecified atom stereocenters. The molecule has 1 heterocycles. The van der Waals surface area contributed by atoms with Crippen molar-refractivity contribution in [2.24, 2.45) is 0 Å². The largest absolute Gasteiger partial charge is 0.359 e. The van der Waals surface area contributed by atoms with Crippen LogP contribution in [0, 0.1) is 0 Å². The van der Waals surface area contributed by atoms with Crippen LogP contribution in [0.1, 0.15) is 12.5 Å². The highest BCUT2D eigenvalue weighted by Gasteiger charge is 2.27. The van der Waals surface area contributed by atoms with Crippen molar-refractivity contribution in [2.75, 3.05) is 16.8 Å². The van der Waals surface area contributed by atoms with Gasteiger partial charge in [-0.15, -0.1) is 0 Å². The highest BCUT2D eigenvalue weighted by Crippen LogP contribution is 2.30. The number of thioether (sulfide) groups is 1. The molecule has 6 heteroatoms. The van der Waals surface area contributed by atoms with E-state index in [1.807, 2.05) is 25.1 Å². The van der Waals surface area contributed by atoms with Gasteiger partial charge in [-0.3, -0.25) is 4.79 Å².